The molecule has 3 nitrogen and oxygen atoms in total. The first kappa shape index (κ1) is 14.2. The van der Waals surface area contributed by atoms with Crippen molar-refractivity contribution >= 4 is 11.3 Å². The van der Waals surface area contributed by atoms with Crippen molar-refractivity contribution in [2.24, 2.45) is 5.92 Å². The van der Waals surface area contributed by atoms with Crippen molar-refractivity contribution in [2.45, 2.75) is 38.2 Å². The molecule has 0 bridgehead atoms. The Morgan fingerprint density at radius 3 is 2.86 bits per heavy atom. The highest BCUT2D eigenvalue weighted by atomic mass is 32.1. The van der Waals surface area contributed by atoms with E-state index in [9.17, 15) is 0 Å². The first-order valence-electron chi connectivity index (χ1n) is 8.48. The average molecular weight is 306 g/mol. The van der Waals surface area contributed by atoms with E-state index in [4.69, 9.17) is 4.74 Å². The zero-order valence-electron chi connectivity index (χ0n) is 13.0. The van der Waals surface area contributed by atoms with Gasteiger partial charge in [0.2, 0.25) is 0 Å². The first-order chi connectivity index (χ1) is 10.3. The van der Waals surface area contributed by atoms with Gasteiger partial charge in [0, 0.05) is 48.9 Å². The Morgan fingerprint density at radius 1 is 1.38 bits per heavy atom. The topological polar surface area (TPSA) is 24.5 Å². The predicted molar refractivity (Wildman–Crippen MR) is 87.1 cm³/mol. The molecule has 0 amide bonds. The number of rotatable bonds is 3. The predicted octanol–water partition coefficient (Wildman–Crippen LogP) is 2.39. The molecule has 1 N–H and O–H groups in total. The molecule has 1 aromatic heterocycles. The first-order valence-corrected chi connectivity index (χ1v) is 9.30. The van der Waals surface area contributed by atoms with E-state index in [1.807, 2.05) is 11.3 Å². The van der Waals surface area contributed by atoms with E-state index in [0.717, 1.165) is 25.4 Å². The van der Waals surface area contributed by atoms with Crippen molar-refractivity contribution in [3.8, 4) is 0 Å². The summed E-state index contributed by atoms with van der Waals surface area (Å²) >= 11 is 2.03. The largest absolute Gasteiger partial charge is 0.370 e. The summed E-state index contributed by atoms with van der Waals surface area (Å²) in [6.45, 7) is 9.29. The summed E-state index contributed by atoms with van der Waals surface area (Å²) in [4.78, 5) is 5.80. The lowest BCUT2D eigenvalue weighted by atomic mass is 9.82. The van der Waals surface area contributed by atoms with Crippen LogP contribution in [0.1, 0.15) is 35.1 Å². The van der Waals surface area contributed by atoms with Crippen molar-refractivity contribution in [3.63, 3.8) is 0 Å². The number of fused-ring (bicyclic) bond motifs is 2. The van der Waals surface area contributed by atoms with Crippen molar-refractivity contribution in [2.75, 3.05) is 39.3 Å². The van der Waals surface area contributed by atoms with Crippen LogP contribution in [0.3, 0.4) is 0 Å². The zero-order chi connectivity index (χ0) is 14.3. The van der Waals surface area contributed by atoms with E-state index >= 15 is 0 Å². The normalized spacial score (nSPS) is 25.8. The minimum Gasteiger partial charge on any atom is -0.370 e. The number of hydrogen-bond acceptors (Lipinski definition) is 4. The summed E-state index contributed by atoms with van der Waals surface area (Å²) in [5.74, 6) is 0.884. The lowest BCUT2D eigenvalue weighted by molar-refractivity contribution is -0.0988. The van der Waals surface area contributed by atoms with Gasteiger partial charge in [-0.2, -0.15) is 0 Å². The summed E-state index contributed by atoms with van der Waals surface area (Å²) in [6.07, 6.45) is 4.65. The summed E-state index contributed by atoms with van der Waals surface area (Å²) in [5.41, 5.74) is 1.59. The summed E-state index contributed by atoms with van der Waals surface area (Å²) in [6, 6.07) is 2.45. The Morgan fingerprint density at radius 2 is 2.19 bits per heavy atom. The summed E-state index contributed by atoms with van der Waals surface area (Å²) in [7, 11) is 0. The fourth-order valence-electron chi connectivity index (χ4n) is 4.00. The van der Waals surface area contributed by atoms with Crippen molar-refractivity contribution in [1.29, 1.82) is 0 Å². The van der Waals surface area contributed by atoms with Gasteiger partial charge in [-0.3, -0.25) is 0 Å². The van der Waals surface area contributed by atoms with Crippen LogP contribution in [0.2, 0.25) is 0 Å². The molecule has 1 spiro atoms. The molecule has 1 aromatic rings. The molecule has 116 valence electrons. The third-order valence-electron chi connectivity index (χ3n) is 5.45. The molecule has 0 unspecified atom stereocenters. The molecule has 21 heavy (non-hydrogen) atoms. The van der Waals surface area contributed by atoms with E-state index in [2.05, 4.69) is 23.2 Å². The van der Waals surface area contributed by atoms with Gasteiger partial charge in [-0.15, -0.1) is 11.3 Å². The molecule has 2 saturated heterocycles. The second-order valence-electron chi connectivity index (χ2n) is 6.82. The van der Waals surface area contributed by atoms with E-state index in [0.29, 0.717) is 0 Å². The van der Waals surface area contributed by atoms with Crippen LogP contribution in [-0.4, -0.2) is 44.2 Å². The number of ether oxygens (including phenoxy) is 1. The second-order valence-corrected chi connectivity index (χ2v) is 8.04. The Balaban J connectivity index is 1.47. The van der Waals surface area contributed by atoms with Gasteiger partial charge in [0.05, 0.1) is 12.2 Å². The quantitative estimate of drug-likeness (QED) is 0.928. The molecular formula is C17H26N2OS. The van der Waals surface area contributed by atoms with Crippen molar-refractivity contribution in [3.05, 3.63) is 21.4 Å². The molecule has 3 aliphatic rings. The molecule has 2 fully saturated rings. The lowest BCUT2D eigenvalue weighted by Gasteiger charge is -2.45. The Hall–Kier alpha value is -0.420. The molecule has 0 aliphatic carbocycles. The van der Waals surface area contributed by atoms with Crippen LogP contribution in [0.4, 0.5) is 0 Å². The third kappa shape index (κ3) is 2.56. The second kappa shape index (κ2) is 5.65. The molecule has 4 heteroatoms. The number of piperidine rings is 1. The van der Waals surface area contributed by atoms with Crippen LogP contribution in [-0.2, 0) is 23.2 Å². The minimum absolute atomic E-state index is 0.0475. The van der Waals surface area contributed by atoms with Crippen LogP contribution >= 0.6 is 11.3 Å². The minimum atomic E-state index is 0.0475. The van der Waals surface area contributed by atoms with Gasteiger partial charge in [0.1, 0.15) is 0 Å². The van der Waals surface area contributed by atoms with E-state index < -0.39 is 0 Å². The molecule has 4 rings (SSSR count). The van der Waals surface area contributed by atoms with Gasteiger partial charge in [0.25, 0.3) is 0 Å². The number of nitrogens with zero attached hydrogens (tertiary/aromatic N) is 1. The number of aryl methyl sites for hydroxylation is 1. The standard InChI is InChI=1S/C17H26N2OS/c1-2-14-9-15-16(21-14)3-8-20-17(15)4-6-19(7-5-17)12-13-10-18-11-13/h9,13,18H,2-8,10-12H2,1H3. The third-order valence-corrected chi connectivity index (χ3v) is 6.79. The highest BCUT2D eigenvalue weighted by Crippen LogP contribution is 2.44. The number of thiophene rings is 1. The van der Waals surface area contributed by atoms with Gasteiger partial charge >= 0.3 is 0 Å². The van der Waals surface area contributed by atoms with E-state index in [-0.39, 0.29) is 5.60 Å². The van der Waals surface area contributed by atoms with Crippen LogP contribution in [0.25, 0.3) is 0 Å². The van der Waals surface area contributed by atoms with Gasteiger partial charge in [-0.1, -0.05) is 6.92 Å². The Bertz CT molecular complexity index is 501. The SMILES string of the molecule is CCc1cc2c(s1)CCOC21CCN(CC2CNC2)CC1. The van der Waals surface area contributed by atoms with Crippen LogP contribution in [0.15, 0.2) is 6.07 Å². The average Bonchev–Trinajstić information content (AvgIpc) is 2.90. The highest BCUT2D eigenvalue weighted by molar-refractivity contribution is 7.12. The fourth-order valence-corrected chi connectivity index (χ4v) is 5.18. The molecular weight excluding hydrogens is 280 g/mol. The summed E-state index contributed by atoms with van der Waals surface area (Å²) < 4.78 is 6.35. The maximum absolute atomic E-state index is 6.35. The smallest absolute Gasteiger partial charge is 0.0966 e. The molecule has 0 saturated carbocycles. The fraction of sp³-hybridized carbons (Fsp3) is 0.765. The van der Waals surface area contributed by atoms with Gasteiger partial charge < -0.3 is 15.0 Å². The molecule has 0 atom stereocenters. The molecule has 4 heterocycles. The zero-order valence-corrected chi connectivity index (χ0v) is 13.8. The lowest BCUT2D eigenvalue weighted by Crippen LogP contribution is -2.52. The van der Waals surface area contributed by atoms with Crippen molar-refractivity contribution < 1.29 is 4.74 Å². The van der Waals surface area contributed by atoms with Crippen LogP contribution in [0, 0.1) is 5.92 Å². The summed E-state index contributed by atoms with van der Waals surface area (Å²) in [5, 5.41) is 3.38. The van der Waals surface area contributed by atoms with Gasteiger partial charge in [0.15, 0.2) is 0 Å². The van der Waals surface area contributed by atoms with Crippen LogP contribution in [0.5, 0.6) is 0 Å². The number of likely N-dealkylation sites (tertiary alicyclic amines) is 1. The molecule has 0 radical (unpaired) electrons. The van der Waals surface area contributed by atoms with E-state index in [1.165, 1.54) is 50.4 Å². The van der Waals surface area contributed by atoms with E-state index in [1.54, 1.807) is 10.4 Å². The van der Waals surface area contributed by atoms with Crippen molar-refractivity contribution in [1.82, 2.24) is 10.2 Å². The molecule has 3 aliphatic heterocycles. The maximum atomic E-state index is 6.35. The Kier molecular flexibility index (Phi) is 3.82. The molecule has 0 aromatic carbocycles. The number of nitrogens with one attached hydrogen (secondary N) is 1. The Labute approximate surface area is 131 Å². The van der Waals surface area contributed by atoms with Gasteiger partial charge in [-0.05, 0) is 36.8 Å². The monoisotopic (exact) mass is 306 g/mol. The van der Waals surface area contributed by atoms with Gasteiger partial charge in [-0.25, -0.2) is 0 Å². The maximum Gasteiger partial charge on any atom is 0.0966 e. The van der Waals surface area contributed by atoms with Crippen LogP contribution < -0.4 is 5.32 Å². The highest BCUT2D eigenvalue weighted by Gasteiger charge is 2.42. The number of hydrogen-bond donors (Lipinski definition) is 1.